The van der Waals surface area contributed by atoms with Gasteiger partial charge < -0.3 is 14.6 Å². The van der Waals surface area contributed by atoms with Crippen molar-refractivity contribution in [2.45, 2.75) is 39.3 Å². The highest BCUT2D eigenvalue weighted by molar-refractivity contribution is 5.04. The summed E-state index contributed by atoms with van der Waals surface area (Å²) in [6, 6.07) is 1.96. The van der Waals surface area contributed by atoms with Gasteiger partial charge in [0.15, 0.2) is 5.76 Å². The van der Waals surface area contributed by atoms with Gasteiger partial charge in [0.25, 0.3) is 0 Å². The molecule has 1 aliphatic carbocycles. The first-order chi connectivity index (χ1) is 7.88. The number of aromatic nitrogens is 1. The van der Waals surface area contributed by atoms with Gasteiger partial charge in [0, 0.05) is 19.2 Å². The van der Waals surface area contributed by atoms with Crippen LogP contribution in [0.25, 0.3) is 0 Å². The first-order valence-corrected chi connectivity index (χ1v) is 6.11. The van der Waals surface area contributed by atoms with Crippen LogP contribution in [0.2, 0.25) is 0 Å². The van der Waals surface area contributed by atoms with Crippen LogP contribution in [0.4, 0.5) is 0 Å². The predicted molar refractivity (Wildman–Crippen MR) is 60.9 cm³/mol. The van der Waals surface area contributed by atoms with Crippen LogP contribution in [0.15, 0.2) is 10.6 Å². The summed E-state index contributed by atoms with van der Waals surface area (Å²) in [4.78, 5) is 0. The minimum Gasteiger partial charge on any atom is -0.373 e. The van der Waals surface area contributed by atoms with E-state index in [1.807, 2.05) is 6.07 Å². The van der Waals surface area contributed by atoms with Crippen molar-refractivity contribution in [3.8, 4) is 0 Å². The fourth-order valence-electron chi connectivity index (χ4n) is 1.59. The van der Waals surface area contributed by atoms with Gasteiger partial charge in [-0.1, -0.05) is 24.9 Å². The van der Waals surface area contributed by atoms with Crippen LogP contribution in [-0.4, -0.2) is 18.3 Å². The molecule has 4 heteroatoms. The van der Waals surface area contributed by atoms with Crippen molar-refractivity contribution in [1.29, 1.82) is 0 Å². The second-order valence-corrected chi connectivity index (χ2v) is 4.35. The molecule has 0 radical (unpaired) electrons. The SMILES string of the molecule is CCNCc1cc(COCCC2CC2)on1. The molecule has 0 saturated heterocycles. The van der Waals surface area contributed by atoms with Crippen molar-refractivity contribution in [3.63, 3.8) is 0 Å². The molecule has 0 spiro atoms. The van der Waals surface area contributed by atoms with Crippen molar-refractivity contribution in [2.75, 3.05) is 13.2 Å². The number of hydrogen-bond acceptors (Lipinski definition) is 4. The Labute approximate surface area is 96.3 Å². The Hall–Kier alpha value is -0.870. The van der Waals surface area contributed by atoms with Crippen LogP contribution < -0.4 is 5.32 Å². The lowest BCUT2D eigenvalue weighted by atomic mass is 10.3. The molecule has 1 aliphatic rings. The summed E-state index contributed by atoms with van der Waals surface area (Å²) >= 11 is 0. The van der Waals surface area contributed by atoms with E-state index >= 15 is 0 Å². The highest BCUT2D eigenvalue weighted by Crippen LogP contribution is 2.32. The van der Waals surface area contributed by atoms with E-state index in [2.05, 4.69) is 17.4 Å². The number of rotatable bonds is 8. The molecule has 2 rings (SSSR count). The first-order valence-electron chi connectivity index (χ1n) is 6.11. The molecule has 1 saturated carbocycles. The predicted octanol–water partition coefficient (Wildman–Crippen LogP) is 2.10. The molecule has 1 N–H and O–H groups in total. The zero-order valence-corrected chi connectivity index (χ0v) is 9.87. The highest BCUT2D eigenvalue weighted by Gasteiger charge is 2.20. The highest BCUT2D eigenvalue weighted by atomic mass is 16.5. The van der Waals surface area contributed by atoms with E-state index < -0.39 is 0 Å². The maximum Gasteiger partial charge on any atom is 0.162 e. The molecule has 90 valence electrons. The molecule has 0 aliphatic heterocycles. The summed E-state index contributed by atoms with van der Waals surface area (Å²) in [7, 11) is 0. The first kappa shape index (κ1) is 11.6. The van der Waals surface area contributed by atoms with E-state index in [1.54, 1.807) is 0 Å². The quantitative estimate of drug-likeness (QED) is 0.687. The second kappa shape index (κ2) is 6.01. The lowest BCUT2D eigenvalue weighted by Gasteiger charge is -1.99. The molecular formula is C12H20N2O2. The molecule has 1 aromatic rings. The Morgan fingerprint density at radius 2 is 2.44 bits per heavy atom. The van der Waals surface area contributed by atoms with Crippen molar-refractivity contribution in [1.82, 2.24) is 10.5 Å². The standard InChI is InChI=1S/C12H20N2O2/c1-2-13-8-11-7-12(16-14-11)9-15-6-5-10-3-4-10/h7,10,13H,2-6,8-9H2,1H3. The zero-order chi connectivity index (χ0) is 11.2. The topological polar surface area (TPSA) is 47.3 Å². The van der Waals surface area contributed by atoms with Gasteiger partial charge in [-0.25, -0.2) is 0 Å². The van der Waals surface area contributed by atoms with E-state index in [0.29, 0.717) is 6.61 Å². The minimum absolute atomic E-state index is 0.547. The molecule has 0 atom stereocenters. The Balaban J connectivity index is 1.61. The summed E-state index contributed by atoms with van der Waals surface area (Å²) < 4.78 is 10.7. The van der Waals surface area contributed by atoms with Crippen molar-refractivity contribution in [2.24, 2.45) is 5.92 Å². The normalized spacial score (nSPS) is 15.6. The third-order valence-electron chi connectivity index (χ3n) is 2.78. The maximum absolute atomic E-state index is 5.53. The van der Waals surface area contributed by atoms with Gasteiger partial charge in [-0.15, -0.1) is 0 Å². The Morgan fingerprint density at radius 1 is 1.56 bits per heavy atom. The van der Waals surface area contributed by atoms with Crippen LogP contribution in [-0.2, 0) is 17.9 Å². The summed E-state index contributed by atoms with van der Waals surface area (Å²) in [5.41, 5.74) is 0.947. The molecule has 0 bridgehead atoms. The average molecular weight is 224 g/mol. The zero-order valence-electron chi connectivity index (χ0n) is 9.87. The summed E-state index contributed by atoms with van der Waals surface area (Å²) in [6.45, 7) is 5.17. The molecule has 1 fully saturated rings. The Kier molecular flexibility index (Phi) is 4.36. The molecule has 0 amide bonds. The van der Waals surface area contributed by atoms with Crippen LogP contribution in [0.3, 0.4) is 0 Å². The van der Waals surface area contributed by atoms with Crippen molar-refractivity contribution < 1.29 is 9.26 Å². The smallest absolute Gasteiger partial charge is 0.162 e. The number of nitrogens with one attached hydrogen (secondary N) is 1. The van der Waals surface area contributed by atoms with Gasteiger partial charge in [0.05, 0.1) is 5.69 Å². The number of ether oxygens (including phenoxy) is 1. The number of hydrogen-bond donors (Lipinski definition) is 1. The Morgan fingerprint density at radius 3 is 3.19 bits per heavy atom. The maximum atomic E-state index is 5.53. The fraction of sp³-hybridized carbons (Fsp3) is 0.750. The third kappa shape index (κ3) is 3.94. The summed E-state index contributed by atoms with van der Waals surface area (Å²) in [5.74, 6) is 1.75. The minimum atomic E-state index is 0.547. The van der Waals surface area contributed by atoms with Crippen LogP contribution in [0, 0.1) is 5.92 Å². The molecule has 4 nitrogen and oxygen atoms in total. The van der Waals surface area contributed by atoms with Gasteiger partial charge in [0.2, 0.25) is 0 Å². The van der Waals surface area contributed by atoms with E-state index in [9.17, 15) is 0 Å². The third-order valence-corrected chi connectivity index (χ3v) is 2.78. The lowest BCUT2D eigenvalue weighted by Crippen LogP contribution is -2.11. The largest absolute Gasteiger partial charge is 0.373 e. The summed E-state index contributed by atoms with van der Waals surface area (Å²) in [6.07, 6.45) is 3.97. The van der Waals surface area contributed by atoms with Crippen molar-refractivity contribution in [3.05, 3.63) is 17.5 Å². The van der Waals surface area contributed by atoms with E-state index in [4.69, 9.17) is 9.26 Å². The Bertz CT molecular complexity index is 308. The van der Waals surface area contributed by atoms with Gasteiger partial charge in [-0.05, 0) is 18.9 Å². The van der Waals surface area contributed by atoms with Gasteiger partial charge in [0.1, 0.15) is 6.61 Å². The molecule has 1 aromatic heterocycles. The monoisotopic (exact) mass is 224 g/mol. The lowest BCUT2D eigenvalue weighted by molar-refractivity contribution is 0.0961. The van der Waals surface area contributed by atoms with Crippen LogP contribution in [0.1, 0.15) is 37.6 Å². The molecular weight excluding hydrogens is 204 g/mol. The molecule has 1 heterocycles. The van der Waals surface area contributed by atoms with Gasteiger partial charge in [-0.2, -0.15) is 0 Å². The fourth-order valence-corrected chi connectivity index (χ4v) is 1.59. The van der Waals surface area contributed by atoms with Gasteiger partial charge >= 0.3 is 0 Å². The molecule has 0 unspecified atom stereocenters. The molecule has 16 heavy (non-hydrogen) atoms. The number of nitrogens with zero attached hydrogens (tertiary/aromatic N) is 1. The van der Waals surface area contributed by atoms with Crippen molar-refractivity contribution >= 4 is 0 Å². The second-order valence-electron chi connectivity index (χ2n) is 4.35. The summed E-state index contributed by atoms with van der Waals surface area (Å²) in [5, 5.41) is 7.17. The average Bonchev–Trinajstić information content (AvgIpc) is 3.01. The van der Waals surface area contributed by atoms with Crippen LogP contribution in [0.5, 0.6) is 0 Å². The molecule has 0 aromatic carbocycles. The van der Waals surface area contributed by atoms with E-state index in [0.717, 1.165) is 37.1 Å². The van der Waals surface area contributed by atoms with Gasteiger partial charge in [-0.3, -0.25) is 0 Å². The van der Waals surface area contributed by atoms with E-state index in [-0.39, 0.29) is 0 Å². The van der Waals surface area contributed by atoms with E-state index in [1.165, 1.54) is 19.3 Å². The van der Waals surface area contributed by atoms with Crippen LogP contribution >= 0.6 is 0 Å².